The third kappa shape index (κ3) is 2.82. The molecule has 0 bridgehead atoms. The fourth-order valence-corrected chi connectivity index (χ4v) is 2.16. The number of hydrogen-bond donors (Lipinski definition) is 0. The molecule has 0 aliphatic heterocycles. The topological polar surface area (TPSA) is 33.5 Å². The van der Waals surface area contributed by atoms with E-state index < -0.39 is 0 Å². The molecule has 2 aromatic rings. The molecule has 1 aromatic carbocycles. The van der Waals surface area contributed by atoms with Crippen molar-refractivity contribution < 1.29 is 9.21 Å². The van der Waals surface area contributed by atoms with Crippen LogP contribution >= 0.6 is 15.9 Å². The van der Waals surface area contributed by atoms with E-state index in [0.29, 0.717) is 23.3 Å². The van der Waals surface area contributed by atoms with Crippen LogP contribution in [0.1, 0.15) is 22.8 Å². The van der Waals surface area contributed by atoms with Gasteiger partial charge in [0.05, 0.1) is 11.8 Å². The number of rotatable bonds is 4. The van der Waals surface area contributed by atoms with E-state index in [4.69, 9.17) is 4.42 Å². The number of carbonyl (C=O) groups excluding carboxylic acids is 1. The van der Waals surface area contributed by atoms with Gasteiger partial charge in [-0.15, -0.1) is 0 Å². The lowest BCUT2D eigenvalue weighted by atomic mass is 10.2. The maximum absolute atomic E-state index is 12.3. The van der Waals surface area contributed by atoms with Crippen LogP contribution in [-0.2, 0) is 6.54 Å². The molecule has 1 aromatic heterocycles. The van der Waals surface area contributed by atoms with Crippen molar-refractivity contribution in [1.29, 1.82) is 0 Å². The van der Waals surface area contributed by atoms with Crippen LogP contribution in [0.5, 0.6) is 0 Å². The van der Waals surface area contributed by atoms with E-state index in [0.717, 1.165) is 5.56 Å². The first kappa shape index (κ1) is 12.9. The molecule has 2 rings (SSSR count). The van der Waals surface area contributed by atoms with Crippen LogP contribution in [-0.4, -0.2) is 17.4 Å². The monoisotopic (exact) mass is 307 g/mol. The predicted octanol–water partition coefficient (Wildman–Crippen LogP) is 3.70. The van der Waals surface area contributed by atoms with E-state index in [9.17, 15) is 4.79 Å². The number of nitrogens with zero attached hydrogens (tertiary/aromatic N) is 1. The van der Waals surface area contributed by atoms with Crippen molar-refractivity contribution in [2.24, 2.45) is 0 Å². The molecule has 0 fully saturated rings. The molecule has 0 radical (unpaired) electrons. The maximum atomic E-state index is 12.3. The first-order valence-corrected chi connectivity index (χ1v) is 6.58. The lowest BCUT2D eigenvalue weighted by molar-refractivity contribution is 0.0750. The Labute approximate surface area is 115 Å². The minimum absolute atomic E-state index is 0.0259. The smallest absolute Gasteiger partial charge is 0.258 e. The van der Waals surface area contributed by atoms with Crippen LogP contribution in [0.3, 0.4) is 0 Å². The summed E-state index contributed by atoms with van der Waals surface area (Å²) in [6.07, 6.45) is 1.51. The lowest BCUT2D eigenvalue weighted by Gasteiger charge is -2.20. The molecule has 1 heterocycles. The third-order valence-electron chi connectivity index (χ3n) is 2.73. The molecule has 3 nitrogen and oxygen atoms in total. The molecule has 0 atom stereocenters. The molecule has 0 aliphatic rings. The first-order chi connectivity index (χ1) is 8.72. The van der Waals surface area contributed by atoms with Crippen LogP contribution in [0.4, 0.5) is 0 Å². The van der Waals surface area contributed by atoms with Crippen LogP contribution in [0.2, 0.25) is 0 Å². The average Bonchev–Trinajstić information content (AvgIpc) is 2.82. The van der Waals surface area contributed by atoms with Crippen LogP contribution in [0.25, 0.3) is 0 Å². The Morgan fingerprint density at radius 1 is 1.28 bits per heavy atom. The van der Waals surface area contributed by atoms with Gasteiger partial charge in [0, 0.05) is 13.1 Å². The second-order valence-electron chi connectivity index (χ2n) is 3.91. The summed E-state index contributed by atoms with van der Waals surface area (Å²) in [5.74, 6) is -0.0259. The molecule has 0 spiro atoms. The summed E-state index contributed by atoms with van der Waals surface area (Å²) in [6.45, 7) is 3.23. The molecule has 0 aliphatic carbocycles. The Bertz CT molecular complexity index is 522. The van der Waals surface area contributed by atoms with Gasteiger partial charge in [-0.05, 0) is 34.5 Å². The Morgan fingerprint density at radius 2 is 2.00 bits per heavy atom. The highest BCUT2D eigenvalue weighted by Crippen LogP contribution is 2.20. The third-order valence-corrected chi connectivity index (χ3v) is 3.35. The predicted molar refractivity (Wildman–Crippen MR) is 73.3 cm³/mol. The Morgan fingerprint density at radius 3 is 2.56 bits per heavy atom. The van der Waals surface area contributed by atoms with Gasteiger partial charge >= 0.3 is 0 Å². The second kappa shape index (κ2) is 5.87. The summed E-state index contributed by atoms with van der Waals surface area (Å²) >= 11 is 3.24. The molecule has 1 amide bonds. The molecule has 0 saturated carbocycles. The van der Waals surface area contributed by atoms with E-state index in [2.05, 4.69) is 15.9 Å². The van der Waals surface area contributed by atoms with Gasteiger partial charge in [-0.25, -0.2) is 0 Å². The highest BCUT2D eigenvalue weighted by atomic mass is 79.9. The van der Waals surface area contributed by atoms with Gasteiger partial charge in [-0.3, -0.25) is 4.79 Å². The molecule has 18 heavy (non-hydrogen) atoms. The molecule has 0 N–H and O–H groups in total. The zero-order valence-corrected chi connectivity index (χ0v) is 11.7. The van der Waals surface area contributed by atoms with Gasteiger partial charge in [0.15, 0.2) is 4.67 Å². The number of furan rings is 1. The number of amides is 1. The van der Waals surface area contributed by atoms with Crippen molar-refractivity contribution in [3.05, 3.63) is 58.5 Å². The first-order valence-electron chi connectivity index (χ1n) is 5.78. The van der Waals surface area contributed by atoms with E-state index in [1.54, 1.807) is 11.0 Å². The molecular weight excluding hydrogens is 294 g/mol. The molecule has 0 saturated heterocycles. The average molecular weight is 308 g/mol. The van der Waals surface area contributed by atoms with E-state index in [-0.39, 0.29) is 5.91 Å². The SMILES string of the molecule is CCN(Cc1ccccc1)C(=O)c1ccoc1Br. The minimum Gasteiger partial charge on any atom is -0.457 e. The van der Waals surface area contributed by atoms with Crippen molar-refractivity contribution in [3.8, 4) is 0 Å². The van der Waals surface area contributed by atoms with Gasteiger partial charge in [-0.2, -0.15) is 0 Å². The van der Waals surface area contributed by atoms with Gasteiger partial charge in [-0.1, -0.05) is 30.3 Å². The summed E-state index contributed by atoms with van der Waals surface area (Å²) in [7, 11) is 0. The Balaban J connectivity index is 2.15. The maximum Gasteiger partial charge on any atom is 0.258 e. The zero-order valence-electron chi connectivity index (χ0n) is 10.1. The number of hydrogen-bond acceptors (Lipinski definition) is 2. The molecule has 94 valence electrons. The van der Waals surface area contributed by atoms with Gasteiger partial charge in [0.1, 0.15) is 0 Å². The zero-order chi connectivity index (χ0) is 13.0. The van der Waals surface area contributed by atoms with E-state index in [1.807, 2.05) is 37.3 Å². The van der Waals surface area contributed by atoms with Gasteiger partial charge in [0.2, 0.25) is 0 Å². The van der Waals surface area contributed by atoms with Crippen LogP contribution < -0.4 is 0 Å². The number of halogens is 1. The Kier molecular flexibility index (Phi) is 4.20. The summed E-state index contributed by atoms with van der Waals surface area (Å²) in [4.78, 5) is 14.1. The standard InChI is InChI=1S/C14H14BrNO2/c1-2-16(10-11-6-4-3-5-7-11)14(17)12-8-9-18-13(12)15/h3-9H,2,10H2,1H3. The van der Waals surface area contributed by atoms with Crippen molar-refractivity contribution in [1.82, 2.24) is 4.90 Å². The molecule has 4 heteroatoms. The van der Waals surface area contributed by atoms with Crippen LogP contribution in [0.15, 0.2) is 51.7 Å². The summed E-state index contributed by atoms with van der Waals surface area (Å²) in [6, 6.07) is 11.6. The summed E-state index contributed by atoms with van der Waals surface area (Å²) in [5.41, 5.74) is 1.68. The largest absolute Gasteiger partial charge is 0.457 e. The Hall–Kier alpha value is -1.55. The van der Waals surface area contributed by atoms with Crippen molar-refractivity contribution in [2.75, 3.05) is 6.54 Å². The van der Waals surface area contributed by atoms with Gasteiger partial charge in [0.25, 0.3) is 5.91 Å². The minimum atomic E-state index is -0.0259. The molecule has 0 unspecified atom stereocenters. The highest BCUT2D eigenvalue weighted by molar-refractivity contribution is 9.10. The molecular formula is C14H14BrNO2. The second-order valence-corrected chi connectivity index (χ2v) is 4.63. The highest BCUT2D eigenvalue weighted by Gasteiger charge is 2.18. The van der Waals surface area contributed by atoms with E-state index in [1.165, 1.54) is 6.26 Å². The van der Waals surface area contributed by atoms with Crippen molar-refractivity contribution in [2.45, 2.75) is 13.5 Å². The van der Waals surface area contributed by atoms with Crippen molar-refractivity contribution in [3.63, 3.8) is 0 Å². The lowest BCUT2D eigenvalue weighted by Crippen LogP contribution is -2.30. The normalized spacial score (nSPS) is 10.3. The fraction of sp³-hybridized carbons (Fsp3) is 0.214. The van der Waals surface area contributed by atoms with E-state index >= 15 is 0 Å². The summed E-state index contributed by atoms with van der Waals surface area (Å²) in [5, 5.41) is 0. The summed E-state index contributed by atoms with van der Waals surface area (Å²) < 4.78 is 5.58. The quantitative estimate of drug-likeness (QED) is 0.863. The number of benzene rings is 1. The van der Waals surface area contributed by atoms with Crippen LogP contribution in [0, 0.1) is 0 Å². The fourth-order valence-electron chi connectivity index (χ4n) is 1.75. The number of carbonyl (C=O) groups is 1. The van der Waals surface area contributed by atoms with Crippen molar-refractivity contribution >= 4 is 21.8 Å². The van der Waals surface area contributed by atoms with Gasteiger partial charge < -0.3 is 9.32 Å².